The fourth-order valence-electron chi connectivity index (χ4n) is 0. The van der Waals surface area contributed by atoms with Gasteiger partial charge in [-0.15, -0.1) is 0 Å². The first kappa shape index (κ1) is 22.4. The summed E-state index contributed by atoms with van der Waals surface area (Å²) in [5.74, 6) is 0. The van der Waals surface area contributed by atoms with E-state index in [1.807, 2.05) is 0 Å². The summed E-state index contributed by atoms with van der Waals surface area (Å²) < 4.78 is 17.0. The molecule has 48 valence electrons. The molecule has 0 aliphatic carbocycles. The molecule has 0 bridgehead atoms. The van der Waals surface area contributed by atoms with Crippen molar-refractivity contribution >= 4 is 35.7 Å². The molecule has 0 saturated carbocycles. The van der Waals surface area contributed by atoms with Crippen LogP contribution in [0.15, 0.2) is 0 Å². The van der Waals surface area contributed by atoms with E-state index in [1.54, 1.807) is 0 Å². The standard InChI is InChI=1S/Al.Li.2O3Si/c;;2*1-4(2)3/q+3;+1;2*-2. The van der Waals surface area contributed by atoms with Crippen LogP contribution in [-0.2, 0) is 8.92 Å². The van der Waals surface area contributed by atoms with E-state index in [0.717, 1.165) is 0 Å². The van der Waals surface area contributed by atoms with Gasteiger partial charge in [-0.2, -0.15) is 0 Å². The molecule has 0 aliphatic rings. The Kier molecular flexibility index (Phi) is 36.3. The van der Waals surface area contributed by atoms with E-state index in [-0.39, 0.29) is 36.2 Å². The molecule has 0 fully saturated rings. The van der Waals surface area contributed by atoms with Gasteiger partial charge in [0.25, 0.3) is 0 Å². The first-order chi connectivity index (χ1) is 3.46. The van der Waals surface area contributed by atoms with Crippen LogP contribution in [0.4, 0.5) is 0 Å². The zero-order valence-corrected chi connectivity index (χ0v) is 8.18. The van der Waals surface area contributed by atoms with Crippen LogP contribution in [0.1, 0.15) is 0 Å². The van der Waals surface area contributed by atoms with Crippen LogP contribution in [0.25, 0.3) is 0 Å². The second-order valence-corrected chi connectivity index (χ2v) is 1.50. The molecule has 0 saturated heterocycles. The van der Waals surface area contributed by atoms with Crippen molar-refractivity contribution in [2.45, 2.75) is 0 Å². The van der Waals surface area contributed by atoms with Crippen molar-refractivity contribution in [2.75, 3.05) is 0 Å². The fraction of sp³-hybridized carbons (Fsp3) is 0. The van der Waals surface area contributed by atoms with Crippen LogP contribution >= 0.6 is 0 Å². The van der Waals surface area contributed by atoms with Crippen LogP contribution in [0, 0.1) is 0 Å². The average molecular weight is 186 g/mol. The van der Waals surface area contributed by atoms with E-state index in [1.165, 1.54) is 0 Å². The zero-order chi connectivity index (χ0) is 7.15. The third-order valence-electron chi connectivity index (χ3n) is 0. The van der Waals surface area contributed by atoms with Crippen LogP contribution in [0.2, 0.25) is 0 Å². The molecule has 0 aromatic rings. The summed E-state index contributed by atoms with van der Waals surface area (Å²) in [4.78, 5) is 34.1. The average Bonchev–Trinajstić information content (AvgIpc) is 1.25. The largest absolute Gasteiger partial charge is 3.00 e. The van der Waals surface area contributed by atoms with Crippen molar-refractivity contribution in [3.63, 3.8) is 0 Å². The molecule has 10 heteroatoms. The van der Waals surface area contributed by atoms with E-state index in [9.17, 15) is 0 Å². The first-order valence-corrected chi connectivity index (χ1v) is 3.67. The third kappa shape index (κ3) is 3430. The summed E-state index contributed by atoms with van der Waals surface area (Å²) in [7, 11) is -7.26. The van der Waals surface area contributed by atoms with Crippen molar-refractivity contribution < 1.29 is 47.0 Å². The predicted octanol–water partition coefficient (Wildman–Crippen LogP) is -9.13. The van der Waals surface area contributed by atoms with Crippen molar-refractivity contribution in [3.8, 4) is 0 Å². The zero-order valence-electron chi connectivity index (χ0n) is 5.03. The molecule has 0 N–H and O–H groups in total. The van der Waals surface area contributed by atoms with Crippen molar-refractivity contribution in [1.29, 1.82) is 0 Å². The minimum atomic E-state index is -3.63. The van der Waals surface area contributed by atoms with Gasteiger partial charge in [0.1, 0.15) is 0 Å². The monoisotopic (exact) mass is 186 g/mol. The summed E-state index contributed by atoms with van der Waals surface area (Å²) in [5, 5.41) is 0. The molecule has 10 heavy (non-hydrogen) atoms. The van der Waals surface area contributed by atoms with Crippen molar-refractivity contribution in [3.05, 3.63) is 0 Å². The van der Waals surface area contributed by atoms with E-state index in [2.05, 4.69) is 0 Å². The van der Waals surface area contributed by atoms with Gasteiger partial charge in [0.2, 0.25) is 0 Å². The molecule has 6 nitrogen and oxygen atoms in total. The molecule has 0 aliphatic heterocycles. The molecule has 0 unspecified atom stereocenters. The SMILES string of the molecule is O=[Si]([O-])[O-].O=[Si]([O-])[O-].[Al+3].[Li+]. The Morgan fingerprint density at radius 1 is 0.800 bits per heavy atom. The topological polar surface area (TPSA) is 126 Å². The Balaban J connectivity index is -0.0000000300. The second kappa shape index (κ2) is 16.2. The van der Waals surface area contributed by atoms with Gasteiger partial charge in [-0.3, -0.25) is 0 Å². The molecule has 0 aromatic carbocycles. The summed E-state index contributed by atoms with van der Waals surface area (Å²) in [6.45, 7) is 0. The van der Waals surface area contributed by atoms with Crippen LogP contribution < -0.4 is 38.0 Å². The van der Waals surface area contributed by atoms with Crippen LogP contribution in [0.3, 0.4) is 0 Å². The molecular weight excluding hydrogens is 186 g/mol. The van der Waals surface area contributed by atoms with Gasteiger partial charge in [-0.1, -0.05) is 0 Å². The number of rotatable bonds is 0. The number of hydrogen-bond donors (Lipinski definition) is 0. The Morgan fingerprint density at radius 3 is 0.800 bits per heavy atom. The summed E-state index contributed by atoms with van der Waals surface area (Å²) >= 11 is 0. The van der Waals surface area contributed by atoms with E-state index in [0.29, 0.717) is 0 Å². The molecule has 0 aromatic heterocycles. The maximum Gasteiger partial charge on any atom is 3.00 e. The summed E-state index contributed by atoms with van der Waals surface area (Å²) in [6, 6.07) is 0. The Bertz CT molecular complexity index is 73.7. The fourth-order valence-corrected chi connectivity index (χ4v) is 0. The predicted molar refractivity (Wildman–Crippen MR) is 18.6 cm³/mol. The number of hydrogen-bond acceptors (Lipinski definition) is 6. The molecule has 0 radical (unpaired) electrons. The van der Waals surface area contributed by atoms with Gasteiger partial charge in [-0.05, 0) is 0 Å². The van der Waals surface area contributed by atoms with E-state index in [4.69, 9.17) is 28.1 Å². The van der Waals surface area contributed by atoms with Gasteiger partial charge >= 0.3 is 36.2 Å². The summed E-state index contributed by atoms with van der Waals surface area (Å²) in [6.07, 6.45) is 0. The van der Waals surface area contributed by atoms with Crippen LogP contribution in [-0.4, -0.2) is 35.7 Å². The normalized spacial score (nSPS) is 4.80. The maximum absolute atomic E-state index is 8.52. The first-order valence-electron chi connectivity index (χ1n) is 1.22. The Labute approximate surface area is 82.6 Å². The molecule has 0 heterocycles. The van der Waals surface area contributed by atoms with Crippen LogP contribution in [0.5, 0.6) is 0 Å². The van der Waals surface area contributed by atoms with E-state index < -0.39 is 18.3 Å². The quantitative estimate of drug-likeness (QED) is 0.345. The molecule has 0 rings (SSSR count). The van der Waals surface area contributed by atoms with Gasteiger partial charge in [-0.25, -0.2) is 0 Å². The maximum atomic E-state index is 8.52. The third-order valence-corrected chi connectivity index (χ3v) is 0. The molecular formula is AlLiO6Si2. The van der Waals surface area contributed by atoms with Crippen molar-refractivity contribution in [2.24, 2.45) is 0 Å². The minimum Gasteiger partial charge on any atom is -0.672 e. The molecule has 0 atom stereocenters. The molecule has 0 spiro atoms. The Hall–Kier alpha value is 0.364. The smallest absolute Gasteiger partial charge is 0.672 e. The minimum absolute atomic E-state index is 0. The Morgan fingerprint density at radius 2 is 0.800 bits per heavy atom. The second-order valence-electron chi connectivity index (χ2n) is 0.500. The molecule has 0 amide bonds. The van der Waals surface area contributed by atoms with Gasteiger partial charge in [0.15, 0.2) is 0 Å². The van der Waals surface area contributed by atoms with Crippen molar-refractivity contribution in [1.82, 2.24) is 0 Å². The van der Waals surface area contributed by atoms with Gasteiger partial charge < -0.3 is 28.1 Å². The van der Waals surface area contributed by atoms with Gasteiger partial charge in [0, 0.05) is 18.3 Å². The van der Waals surface area contributed by atoms with Gasteiger partial charge in [0.05, 0.1) is 0 Å². The summed E-state index contributed by atoms with van der Waals surface area (Å²) in [5.41, 5.74) is 0. The van der Waals surface area contributed by atoms with E-state index >= 15 is 0 Å².